The number of pyridine rings is 1. The van der Waals surface area contributed by atoms with Crippen molar-refractivity contribution < 1.29 is 0 Å². The molecule has 0 unspecified atom stereocenters. The summed E-state index contributed by atoms with van der Waals surface area (Å²) in [6.45, 7) is 0.954. The summed E-state index contributed by atoms with van der Waals surface area (Å²) in [7, 11) is 2.17. The average Bonchev–Trinajstić information content (AvgIpc) is 2.91. The second-order valence-corrected chi connectivity index (χ2v) is 4.85. The lowest BCUT2D eigenvalue weighted by Crippen LogP contribution is -2.45. The summed E-state index contributed by atoms with van der Waals surface area (Å²) in [6, 6.07) is 6.02. The average molecular weight is 215 g/mol. The van der Waals surface area contributed by atoms with E-state index in [1.54, 1.807) is 0 Å². The minimum absolute atomic E-state index is 0.312. The van der Waals surface area contributed by atoms with Crippen molar-refractivity contribution in [2.75, 3.05) is 13.6 Å². The first-order chi connectivity index (χ1) is 7.82. The molecule has 0 aromatic carbocycles. The molecule has 0 atom stereocenters. The van der Waals surface area contributed by atoms with E-state index in [4.69, 9.17) is 4.99 Å². The molecule has 1 aromatic rings. The number of nitrogens with zero attached hydrogens (tertiary/aromatic N) is 3. The summed E-state index contributed by atoms with van der Waals surface area (Å²) >= 11 is 0. The Morgan fingerprint density at radius 3 is 2.75 bits per heavy atom. The van der Waals surface area contributed by atoms with E-state index in [0.29, 0.717) is 5.54 Å². The molecule has 0 amide bonds. The SMILES string of the molecule is CN1C(c2ccccn2)=NCC12CCCC2. The first-order valence-electron chi connectivity index (χ1n) is 6.02. The monoisotopic (exact) mass is 215 g/mol. The normalized spacial score (nSPS) is 22.8. The Labute approximate surface area is 96.2 Å². The maximum atomic E-state index is 4.70. The fourth-order valence-corrected chi connectivity index (χ4v) is 2.93. The Morgan fingerprint density at radius 1 is 1.25 bits per heavy atom. The Kier molecular flexibility index (Phi) is 2.20. The molecule has 0 saturated heterocycles. The van der Waals surface area contributed by atoms with Gasteiger partial charge in [-0.1, -0.05) is 18.9 Å². The van der Waals surface area contributed by atoms with Crippen LogP contribution in [0.25, 0.3) is 0 Å². The molecule has 1 aliphatic carbocycles. The molecule has 1 aromatic heterocycles. The zero-order chi connectivity index (χ0) is 11.0. The maximum absolute atomic E-state index is 4.70. The van der Waals surface area contributed by atoms with Crippen molar-refractivity contribution in [1.82, 2.24) is 9.88 Å². The van der Waals surface area contributed by atoms with Gasteiger partial charge in [0.15, 0.2) is 0 Å². The van der Waals surface area contributed by atoms with Crippen LogP contribution in [0, 0.1) is 0 Å². The third kappa shape index (κ3) is 1.34. The van der Waals surface area contributed by atoms with Crippen molar-refractivity contribution in [3.63, 3.8) is 0 Å². The number of hydrogen-bond donors (Lipinski definition) is 0. The highest BCUT2D eigenvalue weighted by Crippen LogP contribution is 2.38. The Bertz CT molecular complexity index is 404. The molecule has 1 saturated carbocycles. The highest BCUT2D eigenvalue weighted by atomic mass is 15.3. The van der Waals surface area contributed by atoms with Gasteiger partial charge < -0.3 is 4.90 Å². The summed E-state index contributed by atoms with van der Waals surface area (Å²) in [5.74, 6) is 1.07. The van der Waals surface area contributed by atoms with Crippen LogP contribution < -0.4 is 0 Å². The van der Waals surface area contributed by atoms with Crippen molar-refractivity contribution in [2.45, 2.75) is 31.2 Å². The summed E-state index contributed by atoms with van der Waals surface area (Å²) in [6.07, 6.45) is 7.09. The summed E-state index contributed by atoms with van der Waals surface area (Å²) in [5, 5.41) is 0. The van der Waals surface area contributed by atoms with Gasteiger partial charge in [0.05, 0.1) is 12.1 Å². The molecule has 0 bridgehead atoms. The molecule has 3 heteroatoms. The van der Waals surface area contributed by atoms with E-state index in [0.717, 1.165) is 18.1 Å². The molecule has 16 heavy (non-hydrogen) atoms. The largest absolute Gasteiger partial charge is 0.351 e. The first-order valence-corrected chi connectivity index (χ1v) is 6.02. The lowest BCUT2D eigenvalue weighted by molar-refractivity contribution is 0.245. The molecule has 2 heterocycles. The van der Waals surface area contributed by atoms with Gasteiger partial charge in [-0.2, -0.15) is 0 Å². The van der Waals surface area contributed by atoms with Crippen LogP contribution in [0.15, 0.2) is 29.4 Å². The zero-order valence-electron chi connectivity index (χ0n) is 9.69. The van der Waals surface area contributed by atoms with Crippen molar-refractivity contribution in [1.29, 1.82) is 0 Å². The number of hydrogen-bond acceptors (Lipinski definition) is 3. The predicted octanol–water partition coefficient (Wildman–Crippen LogP) is 2.09. The highest BCUT2D eigenvalue weighted by molar-refractivity contribution is 5.98. The van der Waals surface area contributed by atoms with E-state index in [9.17, 15) is 0 Å². The van der Waals surface area contributed by atoms with Crippen molar-refractivity contribution in [3.05, 3.63) is 30.1 Å². The fourth-order valence-electron chi connectivity index (χ4n) is 2.93. The molecule has 1 aliphatic heterocycles. The third-order valence-corrected chi connectivity index (χ3v) is 3.98. The molecule has 1 spiro atoms. The van der Waals surface area contributed by atoms with Gasteiger partial charge in [0.25, 0.3) is 0 Å². The zero-order valence-corrected chi connectivity index (χ0v) is 9.69. The molecular formula is C13H17N3. The van der Waals surface area contributed by atoms with Crippen LogP contribution in [0.4, 0.5) is 0 Å². The molecule has 0 N–H and O–H groups in total. The van der Waals surface area contributed by atoms with Gasteiger partial charge in [-0.15, -0.1) is 0 Å². The van der Waals surface area contributed by atoms with Gasteiger partial charge in [0.2, 0.25) is 0 Å². The minimum atomic E-state index is 0.312. The van der Waals surface area contributed by atoms with Crippen LogP contribution in [0.1, 0.15) is 31.4 Å². The van der Waals surface area contributed by atoms with E-state index < -0.39 is 0 Å². The van der Waals surface area contributed by atoms with Crippen LogP contribution in [0.5, 0.6) is 0 Å². The smallest absolute Gasteiger partial charge is 0.150 e. The van der Waals surface area contributed by atoms with Crippen molar-refractivity contribution in [3.8, 4) is 0 Å². The Hall–Kier alpha value is -1.38. The van der Waals surface area contributed by atoms with Gasteiger partial charge in [0.1, 0.15) is 11.5 Å². The fraction of sp³-hybridized carbons (Fsp3) is 0.538. The third-order valence-electron chi connectivity index (χ3n) is 3.98. The maximum Gasteiger partial charge on any atom is 0.150 e. The van der Waals surface area contributed by atoms with Crippen molar-refractivity contribution in [2.24, 2.45) is 4.99 Å². The van der Waals surface area contributed by atoms with Crippen molar-refractivity contribution >= 4 is 5.84 Å². The second kappa shape index (κ2) is 3.58. The van der Waals surface area contributed by atoms with E-state index in [-0.39, 0.29) is 0 Å². The Morgan fingerprint density at radius 2 is 2.06 bits per heavy atom. The van der Waals surface area contributed by atoms with E-state index in [2.05, 4.69) is 16.9 Å². The highest BCUT2D eigenvalue weighted by Gasteiger charge is 2.43. The number of aromatic nitrogens is 1. The summed E-state index contributed by atoms with van der Waals surface area (Å²) < 4.78 is 0. The number of rotatable bonds is 1. The number of amidine groups is 1. The summed E-state index contributed by atoms with van der Waals surface area (Å²) in [4.78, 5) is 11.5. The van der Waals surface area contributed by atoms with Gasteiger partial charge in [-0.3, -0.25) is 9.98 Å². The standard InChI is InChI=1S/C13H17N3/c1-16-12(11-6-2-5-9-14-11)15-10-13(16)7-3-4-8-13/h2,5-6,9H,3-4,7-8,10H2,1H3. The molecule has 3 rings (SSSR count). The van der Waals surface area contributed by atoms with Crippen LogP contribution >= 0.6 is 0 Å². The van der Waals surface area contributed by atoms with Gasteiger partial charge in [0, 0.05) is 13.2 Å². The minimum Gasteiger partial charge on any atom is -0.351 e. The van der Waals surface area contributed by atoms with E-state index in [1.807, 2.05) is 24.4 Å². The Balaban J connectivity index is 1.89. The van der Waals surface area contributed by atoms with Gasteiger partial charge in [-0.05, 0) is 25.0 Å². The lowest BCUT2D eigenvalue weighted by atomic mass is 9.97. The van der Waals surface area contributed by atoms with E-state index >= 15 is 0 Å². The second-order valence-electron chi connectivity index (χ2n) is 4.85. The lowest BCUT2D eigenvalue weighted by Gasteiger charge is -2.33. The molecule has 1 fully saturated rings. The molecule has 2 aliphatic rings. The van der Waals surface area contributed by atoms with Crippen LogP contribution in [-0.4, -0.2) is 34.9 Å². The van der Waals surface area contributed by atoms with E-state index in [1.165, 1.54) is 25.7 Å². The quantitative estimate of drug-likeness (QED) is 0.717. The molecular weight excluding hydrogens is 198 g/mol. The predicted molar refractivity (Wildman–Crippen MR) is 64.6 cm³/mol. The number of aliphatic imine (C=N–C) groups is 1. The number of likely N-dealkylation sites (N-methyl/N-ethyl adjacent to an activating group) is 1. The molecule has 84 valence electrons. The van der Waals surface area contributed by atoms with Gasteiger partial charge >= 0.3 is 0 Å². The summed E-state index contributed by atoms with van der Waals surface area (Å²) in [5.41, 5.74) is 1.32. The van der Waals surface area contributed by atoms with Crippen LogP contribution in [0.2, 0.25) is 0 Å². The molecule has 3 nitrogen and oxygen atoms in total. The molecule has 0 radical (unpaired) electrons. The van der Waals surface area contributed by atoms with Crippen LogP contribution in [0.3, 0.4) is 0 Å². The first kappa shape index (κ1) is 9.82. The van der Waals surface area contributed by atoms with Gasteiger partial charge in [-0.25, -0.2) is 0 Å². The topological polar surface area (TPSA) is 28.5 Å². The van der Waals surface area contributed by atoms with Crippen LogP contribution in [-0.2, 0) is 0 Å².